The van der Waals surface area contributed by atoms with Crippen LogP contribution in [-0.2, 0) is 14.3 Å². The maximum absolute atomic E-state index is 13.1. The van der Waals surface area contributed by atoms with E-state index >= 15 is 0 Å². The van der Waals surface area contributed by atoms with Gasteiger partial charge in [-0.1, -0.05) is 30.3 Å². The molecule has 1 aromatic carbocycles. The van der Waals surface area contributed by atoms with Crippen LogP contribution in [0.15, 0.2) is 53.1 Å². The second kappa shape index (κ2) is 8.71. The fourth-order valence-corrected chi connectivity index (χ4v) is 4.08. The van der Waals surface area contributed by atoms with Gasteiger partial charge in [-0.05, 0) is 18.6 Å². The van der Waals surface area contributed by atoms with E-state index in [1.54, 1.807) is 42.5 Å². The van der Waals surface area contributed by atoms with Crippen LogP contribution in [0.5, 0.6) is 0 Å². The highest BCUT2D eigenvalue weighted by Crippen LogP contribution is 2.38. The maximum atomic E-state index is 13.1. The Morgan fingerprint density at radius 2 is 1.76 bits per heavy atom. The predicted molar refractivity (Wildman–Crippen MR) is 104 cm³/mol. The molecule has 2 aliphatic heterocycles. The molecule has 2 atom stereocenters. The molecule has 1 amide bonds. The first-order valence-electron chi connectivity index (χ1n) is 9.94. The monoisotopic (exact) mass is 396 g/mol. The van der Waals surface area contributed by atoms with Gasteiger partial charge in [0.05, 0.1) is 19.5 Å². The Morgan fingerprint density at radius 1 is 1.00 bits per heavy atom. The fraction of sp³-hybridized carbons (Fsp3) is 0.409. The van der Waals surface area contributed by atoms with Crippen LogP contribution < -0.4 is 0 Å². The Balaban J connectivity index is 1.54. The zero-order chi connectivity index (χ0) is 20.2. The van der Waals surface area contributed by atoms with Gasteiger partial charge in [-0.3, -0.25) is 19.3 Å². The Hall–Kier alpha value is -2.77. The lowest BCUT2D eigenvalue weighted by Gasteiger charge is -2.29. The van der Waals surface area contributed by atoms with Crippen molar-refractivity contribution in [1.82, 2.24) is 9.80 Å². The molecule has 4 rings (SSSR count). The molecule has 0 N–H and O–H groups in total. The number of morpholine rings is 1. The Morgan fingerprint density at radius 3 is 2.45 bits per heavy atom. The van der Waals surface area contributed by atoms with E-state index in [4.69, 9.17) is 9.15 Å². The van der Waals surface area contributed by atoms with Crippen molar-refractivity contribution in [3.05, 3.63) is 60.1 Å². The first-order chi connectivity index (χ1) is 14.2. The topological polar surface area (TPSA) is 80.1 Å². The summed E-state index contributed by atoms with van der Waals surface area (Å²) in [7, 11) is 0. The average molecular weight is 396 g/mol. The third-order valence-corrected chi connectivity index (χ3v) is 5.56. The molecule has 2 aromatic rings. The number of carbonyl (C=O) groups is 3. The second-order valence-corrected chi connectivity index (χ2v) is 7.34. The van der Waals surface area contributed by atoms with Crippen molar-refractivity contribution in [2.75, 3.05) is 39.4 Å². The van der Waals surface area contributed by atoms with Gasteiger partial charge < -0.3 is 14.1 Å². The number of likely N-dealkylation sites (tertiary alicyclic amines) is 1. The van der Waals surface area contributed by atoms with Crippen molar-refractivity contribution in [3.63, 3.8) is 0 Å². The highest BCUT2D eigenvalue weighted by atomic mass is 16.5. The molecule has 2 aliphatic rings. The van der Waals surface area contributed by atoms with Gasteiger partial charge in [-0.25, -0.2) is 0 Å². The molecule has 29 heavy (non-hydrogen) atoms. The third kappa shape index (κ3) is 4.02. The minimum absolute atomic E-state index is 0.346. The number of ketones is 2. The number of hydrogen-bond acceptors (Lipinski definition) is 6. The maximum Gasteiger partial charge on any atom is 0.291 e. The lowest BCUT2D eigenvalue weighted by molar-refractivity contribution is -0.140. The van der Waals surface area contributed by atoms with Gasteiger partial charge in [0.15, 0.2) is 5.78 Å². The van der Waals surface area contributed by atoms with Crippen LogP contribution in [-0.4, -0.2) is 66.7 Å². The normalized spacial score (nSPS) is 23.0. The molecule has 0 radical (unpaired) electrons. The molecule has 152 valence electrons. The summed E-state index contributed by atoms with van der Waals surface area (Å²) in [5.41, 5.74) is 0.422. The summed E-state index contributed by atoms with van der Waals surface area (Å²) in [5.74, 6) is -2.24. The molecular formula is C22H24N2O5. The van der Waals surface area contributed by atoms with Crippen molar-refractivity contribution in [1.29, 1.82) is 0 Å². The zero-order valence-electron chi connectivity index (χ0n) is 16.2. The molecule has 7 nitrogen and oxygen atoms in total. The highest BCUT2D eigenvalue weighted by molar-refractivity contribution is 6.44. The summed E-state index contributed by atoms with van der Waals surface area (Å²) in [6, 6.07) is 11.4. The largest absolute Gasteiger partial charge is 0.467 e. The van der Waals surface area contributed by atoms with Gasteiger partial charge in [0, 0.05) is 31.7 Å². The molecule has 0 bridgehead atoms. The minimum atomic E-state index is -1.08. The van der Waals surface area contributed by atoms with E-state index < -0.39 is 23.7 Å². The van der Waals surface area contributed by atoms with E-state index in [0.717, 1.165) is 19.6 Å². The minimum Gasteiger partial charge on any atom is -0.467 e. The van der Waals surface area contributed by atoms with E-state index in [-0.39, 0.29) is 5.78 Å². The summed E-state index contributed by atoms with van der Waals surface area (Å²) < 4.78 is 10.9. The molecule has 2 fully saturated rings. The summed E-state index contributed by atoms with van der Waals surface area (Å²) >= 11 is 0. The van der Waals surface area contributed by atoms with Gasteiger partial charge in [-0.2, -0.15) is 0 Å². The van der Waals surface area contributed by atoms with Crippen LogP contribution in [0.25, 0.3) is 0 Å². The number of amides is 1. The Labute approximate surface area is 169 Å². The van der Waals surface area contributed by atoms with E-state index in [2.05, 4.69) is 4.90 Å². The number of hydrogen-bond donors (Lipinski definition) is 0. The molecule has 1 aromatic heterocycles. The Kier molecular flexibility index (Phi) is 5.87. The van der Waals surface area contributed by atoms with E-state index in [1.165, 1.54) is 11.2 Å². The number of Topliss-reactive ketones (excluding diaryl/α,β-unsaturated/α-hetero) is 2. The molecular weight excluding hydrogens is 372 g/mol. The van der Waals surface area contributed by atoms with E-state index in [1.807, 2.05) is 0 Å². The zero-order valence-corrected chi connectivity index (χ0v) is 16.2. The second-order valence-electron chi connectivity index (χ2n) is 7.34. The van der Waals surface area contributed by atoms with Crippen LogP contribution in [0.4, 0.5) is 0 Å². The summed E-state index contributed by atoms with van der Waals surface area (Å²) in [6.07, 6.45) is 2.21. The quantitative estimate of drug-likeness (QED) is 0.404. The van der Waals surface area contributed by atoms with Crippen molar-refractivity contribution >= 4 is 17.5 Å². The molecule has 7 heteroatoms. The summed E-state index contributed by atoms with van der Waals surface area (Å²) in [6.45, 7) is 4.36. The highest BCUT2D eigenvalue weighted by Gasteiger charge is 2.52. The summed E-state index contributed by atoms with van der Waals surface area (Å²) in [5, 5.41) is 0. The smallest absolute Gasteiger partial charge is 0.291 e. The first-order valence-corrected chi connectivity index (χ1v) is 9.94. The number of ether oxygens (including phenoxy) is 1. The van der Waals surface area contributed by atoms with Crippen molar-refractivity contribution in [3.8, 4) is 0 Å². The standard InChI is InChI=1S/C22H24N2O5/c25-20(16-6-2-1-3-7-16)18-19(17-8-4-13-29-17)24(22(27)21(18)26)10-5-9-23-11-14-28-15-12-23/h1-4,6-8,13,18-19H,5,9-12,14-15H2. The number of nitrogens with zero attached hydrogens (tertiary/aromatic N) is 2. The lowest BCUT2D eigenvalue weighted by atomic mass is 9.89. The molecule has 2 saturated heterocycles. The molecule has 0 aliphatic carbocycles. The SMILES string of the molecule is O=C1C(=O)N(CCCN2CCOCC2)C(c2ccco2)C1C(=O)c1ccccc1. The molecule has 0 saturated carbocycles. The van der Waals surface area contributed by atoms with Crippen molar-refractivity contribution in [2.24, 2.45) is 5.92 Å². The summed E-state index contributed by atoms with van der Waals surface area (Å²) in [4.78, 5) is 42.5. The Bertz CT molecular complexity index is 859. The number of furan rings is 1. The lowest BCUT2D eigenvalue weighted by Crippen LogP contribution is -2.39. The van der Waals surface area contributed by atoms with Crippen LogP contribution >= 0.6 is 0 Å². The van der Waals surface area contributed by atoms with Crippen molar-refractivity contribution in [2.45, 2.75) is 12.5 Å². The van der Waals surface area contributed by atoms with Gasteiger partial charge in [-0.15, -0.1) is 0 Å². The number of rotatable bonds is 7. The first kappa shape index (κ1) is 19.5. The van der Waals surface area contributed by atoms with E-state index in [9.17, 15) is 14.4 Å². The van der Waals surface area contributed by atoms with Crippen LogP contribution in [0, 0.1) is 5.92 Å². The van der Waals surface area contributed by atoms with Gasteiger partial charge in [0.2, 0.25) is 5.78 Å². The van der Waals surface area contributed by atoms with Gasteiger partial charge >= 0.3 is 0 Å². The average Bonchev–Trinajstić information content (AvgIpc) is 3.37. The third-order valence-electron chi connectivity index (χ3n) is 5.56. The van der Waals surface area contributed by atoms with Gasteiger partial charge in [0.25, 0.3) is 5.91 Å². The van der Waals surface area contributed by atoms with Gasteiger partial charge in [0.1, 0.15) is 17.7 Å². The molecule has 0 spiro atoms. The van der Waals surface area contributed by atoms with Crippen LogP contribution in [0.3, 0.4) is 0 Å². The predicted octanol–water partition coefficient (Wildman–Crippen LogP) is 1.95. The van der Waals surface area contributed by atoms with Crippen LogP contribution in [0.1, 0.15) is 28.6 Å². The molecule has 2 unspecified atom stereocenters. The molecule has 3 heterocycles. The fourth-order valence-electron chi connectivity index (χ4n) is 4.08. The van der Waals surface area contributed by atoms with Crippen LogP contribution in [0.2, 0.25) is 0 Å². The number of benzene rings is 1. The number of carbonyl (C=O) groups excluding carboxylic acids is 3. The van der Waals surface area contributed by atoms with E-state index in [0.29, 0.717) is 37.5 Å². The van der Waals surface area contributed by atoms with Crippen molar-refractivity contribution < 1.29 is 23.5 Å².